The van der Waals surface area contributed by atoms with Crippen molar-refractivity contribution in [3.8, 4) is 22.4 Å². The third kappa shape index (κ3) is 5.64. The Labute approximate surface area is 208 Å². The SMILES string of the molecule is Cc1cc(-c2c(NN)nc(NC(C)(C)C(=O)OCc3ccccc3)nc2-c2ccc(F)cc2)ccn1. The number of aryl methyl sites for hydroxylation is 1. The molecule has 0 atom stereocenters. The van der Waals surface area contributed by atoms with Crippen LogP contribution in [-0.4, -0.2) is 26.5 Å². The smallest absolute Gasteiger partial charge is 0.331 e. The van der Waals surface area contributed by atoms with Crippen LogP contribution in [0.1, 0.15) is 25.1 Å². The topological polar surface area (TPSA) is 115 Å². The average molecular weight is 487 g/mol. The van der Waals surface area contributed by atoms with Crippen LogP contribution < -0.4 is 16.6 Å². The van der Waals surface area contributed by atoms with E-state index in [1.54, 1.807) is 32.2 Å². The van der Waals surface area contributed by atoms with Crippen molar-refractivity contribution in [2.24, 2.45) is 5.84 Å². The Balaban J connectivity index is 1.71. The number of esters is 1. The summed E-state index contributed by atoms with van der Waals surface area (Å²) in [6.07, 6.45) is 1.68. The van der Waals surface area contributed by atoms with Gasteiger partial charge in [-0.1, -0.05) is 30.3 Å². The van der Waals surface area contributed by atoms with Crippen molar-refractivity contribution in [3.63, 3.8) is 0 Å². The Hall–Kier alpha value is -4.37. The predicted octanol–water partition coefficient (Wildman–Crippen LogP) is 4.87. The number of aromatic nitrogens is 3. The van der Waals surface area contributed by atoms with Gasteiger partial charge in [-0.25, -0.2) is 20.0 Å². The van der Waals surface area contributed by atoms with Gasteiger partial charge in [-0.05, 0) is 68.3 Å². The molecule has 4 aromatic rings. The molecule has 0 bridgehead atoms. The van der Waals surface area contributed by atoms with Crippen LogP contribution >= 0.6 is 0 Å². The molecule has 0 unspecified atom stereocenters. The zero-order valence-electron chi connectivity index (χ0n) is 20.2. The first kappa shape index (κ1) is 24.7. The van der Waals surface area contributed by atoms with Crippen LogP contribution in [0.15, 0.2) is 72.9 Å². The van der Waals surface area contributed by atoms with E-state index in [-0.39, 0.29) is 18.4 Å². The highest BCUT2D eigenvalue weighted by molar-refractivity contribution is 5.89. The van der Waals surface area contributed by atoms with Crippen LogP contribution in [0, 0.1) is 12.7 Å². The molecule has 8 nitrogen and oxygen atoms in total. The fourth-order valence-electron chi connectivity index (χ4n) is 3.65. The molecule has 0 amide bonds. The number of benzene rings is 2. The van der Waals surface area contributed by atoms with Crippen molar-refractivity contribution >= 4 is 17.7 Å². The number of hydrazine groups is 1. The van der Waals surface area contributed by atoms with Gasteiger partial charge in [0, 0.05) is 17.5 Å². The largest absolute Gasteiger partial charge is 0.459 e. The number of anilines is 2. The third-order valence-electron chi connectivity index (χ3n) is 5.50. The molecule has 0 saturated carbocycles. The fourth-order valence-corrected chi connectivity index (χ4v) is 3.65. The highest BCUT2D eigenvalue weighted by Gasteiger charge is 2.31. The lowest BCUT2D eigenvalue weighted by atomic mass is 9.99. The number of hydrogen-bond donors (Lipinski definition) is 3. The highest BCUT2D eigenvalue weighted by Crippen LogP contribution is 2.37. The van der Waals surface area contributed by atoms with E-state index in [0.29, 0.717) is 22.6 Å². The second-order valence-corrected chi connectivity index (χ2v) is 8.77. The molecule has 0 fully saturated rings. The molecule has 2 aromatic carbocycles. The van der Waals surface area contributed by atoms with E-state index in [4.69, 9.17) is 15.6 Å². The number of halogens is 1. The summed E-state index contributed by atoms with van der Waals surface area (Å²) in [6, 6.07) is 19.1. The summed E-state index contributed by atoms with van der Waals surface area (Å²) in [5.41, 5.74) is 5.69. The normalized spacial score (nSPS) is 11.1. The van der Waals surface area contributed by atoms with E-state index in [2.05, 4.69) is 20.7 Å². The van der Waals surface area contributed by atoms with Gasteiger partial charge in [-0.3, -0.25) is 4.98 Å². The molecule has 0 radical (unpaired) electrons. The van der Waals surface area contributed by atoms with E-state index in [0.717, 1.165) is 16.8 Å². The van der Waals surface area contributed by atoms with Crippen LogP contribution in [0.25, 0.3) is 22.4 Å². The molecule has 0 aliphatic carbocycles. The zero-order valence-corrected chi connectivity index (χ0v) is 20.2. The maximum Gasteiger partial charge on any atom is 0.331 e. The molecular formula is C27H27FN6O2. The molecule has 4 rings (SSSR count). The summed E-state index contributed by atoms with van der Waals surface area (Å²) in [7, 11) is 0. The van der Waals surface area contributed by atoms with E-state index in [1.807, 2.05) is 49.4 Å². The number of nitrogens with zero attached hydrogens (tertiary/aromatic N) is 3. The molecule has 9 heteroatoms. The average Bonchev–Trinajstić information content (AvgIpc) is 2.87. The van der Waals surface area contributed by atoms with Gasteiger partial charge in [-0.15, -0.1) is 0 Å². The summed E-state index contributed by atoms with van der Waals surface area (Å²) in [6.45, 7) is 5.37. The van der Waals surface area contributed by atoms with Gasteiger partial charge in [0.15, 0.2) is 5.82 Å². The van der Waals surface area contributed by atoms with E-state index < -0.39 is 11.5 Å². The predicted molar refractivity (Wildman–Crippen MR) is 137 cm³/mol. The van der Waals surface area contributed by atoms with E-state index in [1.165, 1.54) is 12.1 Å². The van der Waals surface area contributed by atoms with Gasteiger partial charge in [0.05, 0.1) is 11.3 Å². The number of carbonyl (C=O) groups excluding carboxylic acids is 1. The molecule has 0 aliphatic rings. The third-order valence-corrected chi connectivity index (χ3v) is 5.50. The number of hydrogen-bond acceptors (Lipinski definition) is 8. The molecular weight excluding hydrogens is 459 g/mol. The molecule has 0 spiro atoms. The minimum atomic E-state index is -1.16. The van der Waals surface area contributed by atoms with Crippen molar-refractivity contribution < 1.29 is 13.9 Å². The second-order valence-electron chi connectivity index (χ2n) is 8.77. The molecule has 0 aliphatic heterocycles. The van der Waals surface area contributed by atoms with Crippen LogP contribution in [0.3, 0.4) is 0 Å². The van der Waals surface area contributed by atoms with Crippen LogP contribution in [0.2, 0.25) is 0 Å². The zero-order chi connectivity index (χ0) is 25.7. The number of rotatable bonds is 8. The Morgan fingerprint density at radius 2 is 1.75 bits per heavy atom. The first-order valence-corrected chi connectivity index (χ1v) is 11.3. The monoisotopic (exact) mass is 486 g/mol. The van der Waals surface area contributed by atoms with Gasteiger partial charge in [0.2, 0.25) is 5.95 Å². The highest BCUT2D eigenvalue weighted by atomic mass is 19.1. The molecule has 184 valence electrons. The molecule has 2 heterocycles. The van der Waals surface area contributed by atoms with Crippen LogP contribution in [0.4, 0.5) is 16.2 Å². The first-order chi connectivity index (χ1) is 17.3. The number of nitrogens with two attached hydrogens (primary N) is 1. The molecule has 2 aromatic heterocycles. The summed E-state index contributed by atoms with van der Waals surface area (Å²) < 4.78 is 19.2. The van der Waals surface area contributed by atoms with Gasteiger partial charge in [0.25, 0.3) is 0 Å². The Morgan fingerprint density at radius 3 is 2.42 bits per heavy atom. The van der Waals surface area contributed by atoms with E-state index in [9.17, 15) is 9.18 Å². The number of pyridine rings is 1. The van der Waals surface area contributed by atoms with Crippen molar-refractivity contribution in [1.29, 1.82) is 0 Å². The summed E-state index contributed by atoms with van der Waals surface area (Å²) in [5, 5.41) is 3.06. The Morgan fingerprint density at radius 1 is 1.03 bits per heavy atom. The Kier molecular flexibility index (Phi) is 7.21. The van der Waals surface area contributed by atoms with Crippen LogP contribution in [0.5, 0.6) is 0 Å². The van der Waals surface area contributed by atoms with Gasteiger partial charge < -0.3 is 15.5 Å². The minimum Gasteiger partial charge on any atom is -0.459 e. The molecule has 36 heavy (non-hydrogen) atoms. The van der Waals surface area contributed by atoms with Gasteiger partial charge in [-0.2, -0.15) is 4.98 Å². The fraction of sp³-hybridized carbons (Fsp3) is 0.185. The Bertz CT molecular complexity index is 1360. The summed E-state index contributed by atoms with van der Waals surface area (Å²) in [4.78, 5) is 26.4. The first-order valence-electron chi connectivity index (χ1n) is 11.3. The summed E-state index contributed by atoms with van der Waals surface area (Å²) in [5.74, 6) is 5.50. The lowest BCUT2D eigenvalue weighted by molar-refractivity contribution is -0.149. The van der Waals surface area contributed by atoms with Gasteiger partial charge >= 0.3 is 5.97 Å². The van der Waals surface area contributed by atoms with Crippen molar-refractivity contribution in [2.75, 3.05) is 10.7 Å². The van der Waals surface area contributed by atoms with Crippen LogP contribution in [-0.2, 0) is 16.1 Å². The van der Waals surface area contributed by atoms with Crippen molar-refractivity contribution in [2.45, 2.75) is 32.9 Å². The quantitative estimate of drug-likeness (QED) is 0.184. The molecule has 0 saturated heterocycles. The van der Waals surface area contributed by atoms with Crippen molar-refractivity contribution in [3.05, 3.63) is 90.0 Å². The molecule has 4 N–H and O–H groups in total. The number of carbonyl (C=O) groups is 1. The minimum absolute atomic E-state index is 0.141. The van der Waals surface area contributed by atoms with E-state index >= 15 is 0 Å². The maximum atomic E-state index is 13.7. The van der Waals surface area contributed by atoms with Gasteiger partial charge in [0.1, 0.15) is 18.0 Å². The van der Waals surface area contributed by atoms with Crippen molar-refractivity contribution in [1.82, 2.24) is 15.0 Å². The summed E-state index contributed by atoms with van der Waals surface area (Å²) >= 11 is 0. The maximum absolute atomic E-state index is 13.7. The second kappa shape index (κ2) is 10.5. The number of nitrogen functional groups attached to an aromatic ring is 1. The number of nitrogens with one attached hydrogen (secondary N) is 2. The lowest BCUT2D eigenvalue weighted by Gasteiger charge is -2.25. The standard InChI is InChI=1S/C27H27FN6O2/c1-17-15-20(13-14-30-17)22-23(19-9-11-21(28)12-10-19)31-26(32-24(22)34-29)33-27(2,3)25(35)36-16-18-7-5-4-6-8-18/h4-15H,16,29H2,1-3H3,(H2,31,32,33,34). The lowest BCUT2D eigenvalue weighted by Crippen LogP contribution is -2.42. The number of ether oxygens (including phenoxy) is 1.